The van der Waals surface area contributed by atoms with E-state index < -0.39 is 5.82 Å². The predicted molar refractivity (Wildman–Crippen MR) is 66.3 cm³/mol. The molecule has 0 saturated carbocycles. The maximum absolute atomic E-state index is 13.8. The van der Waals surface area contributed by atoms with Crippen LogP contribution in [0.2, 0.25) is 0 Å². The van der Waals surface area contributed by atoms with Crippen molar-refractivity contribution in [3.63, 3.8) is 0 Å². The second-order valence-corrected chi connectivity index (χ2v) is 4.40. The normalized spacial score (nSPS) is 19.7. The molecule has 0 aromatic heterocycles. The van der Waals surface area contributed by atoms with Gasteiger partial charge in [0.05, 0.1) is 12.7 Å². The number of rotatable bonds is 2. The maximum Gasteiger partial charge on any atom is 0.257 e. The number of halogens is 1. The van der Waals surface area contributed by atoms with E-state index in [9.17, 15) is 9.18 Å². The summed E-state index contributed by atoms with van der Waals surface area (Å²) >= 11 is 0. The molecular weight excluding hydrogens is 235 g/mol. The SMILES string of the molecule is COc1ccc(C(=O)N2CCNCC2C)c(F)c1. The quantitative estimate of drug-likeness (QED) is 0.861. The van der Waals surface area contributed by atoms with Crippen LogP contribution in [0.1, 0.15) is 17.3 Å². The van der Waals surface area contributed by atoms with Gasteiger partial charge in [0.1, 0.15) is 11.6 Å². The van der Waals surface area contributed by atoms with Crippen LogP contribution in [0.15, 0.2) is 18.2 Å². The third kappa shape index (κ3) is 2.46. The Hall–Kier alpha value is -1.62. The number of hydrogen-bond acceptors (Lipinski definition) is 3. The Labute approximate surface area is 106 Å². The summed E-state index contributed by atoms with van der Waals surface area (Å²) in [6.45, 7) is 4.04. The molecule has 1 aromatic carbocycles. The highest BCUT2D eigenvalue weighted by atomic mass is 19.1. The number of carbonyl (C=O) groups excluding carboxylic acids is 1. The Balaban J connectivity index is 2.22. The smallest absolute Gasteiger partial charge is 0.257 e. The van der Waals surface area contributed by atoms with E-state index in [1.165, 1.54) is 19.2 Å². The minimum Gasteiger partial charge on any atom is -0.497 e. The molecule has 1 aromatic rings. The van der Waals surface area contributed by atoms with Crippen LogP contribution in [-0.4, -0.2) is 43.6 Å². The van der Waals surface area contributed by atoms with Gasteiger partial charge in [0, 0.05) is 31.7 Å². The van der Waals surface area contributed by atoms with Crippen LogP contribution in [0, 0.1) is 5.82 Å². The number of amides is 1. The van der Waals surface area contributed by atoms with Crippen molar-refractivity contribution in [2.24, 2.45) is 0 Å². The highest BCUT2D eigenvalue weighted by molar-refractivity contribution is 5.95. The lowest BCUT2D eigenvalue weighted by Gasteiger charge is -2.34. The first-order valence-electron chi connectivity index (χ1n) is 5.98. The van der Waals surface area contributed by atoms with Crippen LogP contribution < -0.4 is 10.1 Å². The summed E-state index contributed by atoms with van der Waals surface area (Å²) in [5.41, 5.74) is 0.101. The highest BCUT2D eigenvalue weighted by Crippen LogP contribution is 2.19. The van der Waals surface area contributed by atoms with E-state index in [2.05, 4.69) is 5.32 Å². The molecule has 1 amide bonds. The first kappa shape index (κ1) is 12.8. The Kier molecular flexibility index (Phi) is 3.81. The molecule has 0 spiro atoms. The lowest BCUT2D eigenvalue weighted by atomic mass is 10.1. The Bertz CT molecular complexity index is 451. The van der Waals surface area contributed by atoms with Crippen LogP contribution in [0.25, 0.3) is 0 Å². The number of ether oxygens (including phenoxy) is 1. The Morgan fingerprint density at radius 3 is 2.94 bits per heavy atom. The fourth-order valence-electron chi connectivity index (χ4n) is 2.09. The fraction of sp³-hybridized carbons (Fsp3) is 0.462. The third-order valence-electron chi connectivity index (χ3n) is 3.17. The zero-order chi connectivity index (χ0) is 13.1. The molecule has 18 heavy (non-hydrogen) atoms. The summed E-state index contributed by atoms with van der Waals surface area (Å²) in [5, 5.41) is 3.20. The first-order valence-corrected chi connectivity index (χ1v) is 5.98. The van der Waals surface area contributed by atoms with Gasteiger partial charge in [-0.15, -0.1) is 0 Å². The van der Waals surface area contributed by atoms with E-state index in [0.717, 1.165) is 13.1 Å². The Morgan fingerprint density at radius 1 is 1.56 bits per heavy atom. The molecule has 1 fully saturated rings. The molecule has 1 saturated heterocycles. The molecule has 0 bridgehead atoms. The average molecular weight is 252 g/mol. The van der Waals surface area contributed by atoms with Crippen molar-refractivity contribution in [3.8, 4) is 5.75 Å². The summed E-state index contributed by atoms with van der Waals surface area (Å²) in [5.74, 6) is -0.383. The van der Waals surface area contributed by atoms with Crippen molar-refractivity contribution in [1.29, 1.82) is 0 Å². The summed E-state index contributed by atoms with van der Waals surface area (Å²) in [6, 6.07) is 4.39. The second kappa shape index (κ2) is 5.35. The highest BCUT2D eigenvalue weighted by Gasteiger charge is 2.25. The van der Waals surface area contributed by atoms with Crippen LogP contribution in [0.3, 0.4) is 0 Å². The number of hydrogen-bond donors (Lipinski definition) is 1. The van der Waals surface area contributed by atoms with Crippen molar-refractivity contribution < 1.29 is 13.9 Å². The van der Waals surface area contributed by atoms with Gasteiger partial charge in [0.25, 0.3) is 5.91 Å². The zero-order valence-electron chi connectivity index (χ0n) is 10.6. The van der Waals surface area contributed by atoms with E-state index in [0.29, 0.717) is 12.3 Å². The molecule has 1 heterocycles. The van der Waals surface area contributed by atoms with Crippen molar-refractivity contribution in [2.75, 3.05) is 26.7 Å². The Morgan fingerprint density at radius 2 is 2.33 bits per heavy atom. The standard InChI is InChI=1S/C13H17FN2O2/c1-9-8-15-5-6-16(9)13(17)11-4-3-10(18-2)7-12(11)14/h3-4,7,9,15H,5-6,8H2,1-2H3. The number of piperazine rings is 1. The lowest BCUT2D eigenvalue weighted by Crippen LogP contribution is -2.52. The van der Waals surface area contributed by atoms with Crippen molar-refractivity contribution in [3.05, 3.63) is 29.6 Å². The van der Waals surface area contributed by atoms with Crippen molar-refractivity contribution in [1.82, 2.24) is 10.2 Å². The van der Waals surface area contributed by atoms with Crippen LogP contribution >= 0.6 is 0 Å². The molecule has 4 nitrogen and oxygen atoms in total. The van der Waals surface area contributed by atoms with E-state index in [1.54, 1.807) is 11.0 Å². The van der Waals surface area contributed by atoms with E-state index >= 15 is 0 Å². The van der Waals surface area contributed by atoms with E-state index in [-0.39, 0.29) is 17.5 Å². The molecule has 1 aliphatic rings. The number of nitrogens with one attached hydrogen (secondary N) is 1. The largest absolute Gasteiger partial charge is 0.497 e. The summed E-state index contributed by atoms with van der Waals surface area (Å²) in [6.07, 6.45) is 0. The average Bonchev–Trinajstić information content (AvgIpc) is 2.38. The van der Waals surface area contributed by atoms with Gasteiger partial charge < -0.3 is 15.0 Å². The van der Waals surface area contributed by atoms with Gasteiger partial charge >= 0.3 is 0 Å². The van der Waals surface area contributed by atoms with Gasteiger partial charge in [-0.1, -0.05) is 0 Å². The molecule has 98 valence electrons. The summed E-state index contributed by atoms with van der Waals surface area (Å²) < 4.78 is 18.7. The van der Waals surface area contributed by atoms with Gasteiger partial charge in [0.2, 0.25) is 0 Å². The minimum atomic E-state index is -0.537. The molecule has 1 unspecified atom stereocenters. The molecule has 0 radical (unpaired) electrons. The molecule has 1 aliphatic heterocycles. The number of benzene rings is 1. The summed E-state index contributed by atoms with van der Waals surface area (Å²) in [4.78, 5) is 13.9. The molecule has 0 aliphatic carbocycles. The molecule has 1 N–H and O–H groups in total. The summed E-state index contributed by atoms with van der Waals surface area (Å²) in [7, 11) is 1.47. The molecule has 1 atom stereocenters. The van der Waals surface area contributed by atoms with Gasteiger partial charge in [0.15, 0.2) is 0 Å². The minimum absolute atomic E-state index is 0.0766. The monoisotopic (exact) mass is 252 g/mol. The van der Waals surface area contributed by atoms with E-state index in [4.69, 9.17) is 4.74 Å². The van der Waals surface area contributed by atoms with Gasteiger partial charge in [-0.25, -0.2) is 4.39 Å². The van der Waals surface area contributed by atoms with Crippen LogP contribution in [0.4, 0.5) is 4.39 Å². The fourth-order valence-corrected chi connectivity index (χ4v) is 2.09. The molecule has 2 rings (SSSR count). The maximum atomic E-state index is 13.8. The van der Waals surface area contributed by atoms with E-state index in [1.807, 2.05) is 6.92 Å². The number of carbonyl (C=O) groups is 1. The number of methoxy groups -OCH3 is 1. The molecular formula is C13H17FN2O2. The number of nitrogens with zero attached hydrogens (tertiary/aromatic N) is 1. The predicted octanol–water partition coefficient (Wildman–Crippen LogP) is 1.27. The topological polar surface area (TPSA) is 41.6 Å². The van der Waals surface area contributed by atoms with Crippen molar-refractivity contribution >= 4 is 5.91 Å². The van der Waals surface area contributed by atoms with Crippen LogP contribution in [0.5, 0.6) is 5.75 Å². The lowest BCUT2D eigenvalue weighted by molar-refractivity contribution is 0.0651. The molecule has 5 heteroatoms. The van der Waals surface area contributed by atoms with Crippen molar-refractivity contribution in [2.45, 2.75) is 13.0 Å². The first-order chi connectivity index (χ1) is 8.63. The van der Waals surface area contributed by atoms with Crippen LogP contribution in [-0.2, 0) is 0 Å². The third-order valence-corrected chi connectivity index (χ3v) is 3.17. The van der Waals surface area contributed by atoms with Gasteiger partial charge in [-0.3, -0.25) is 4.79 Å². The van der Waals surface area contributed by atoms with Gasteiger partial charge in [-0.2, -0.15) is 0 Å². The zero-order valence-corrected chi connectivity index (χ0v) is 10.6. The second-order valence-electron chi connectivity index (χ2n) is 4.40. The van der Waals surface area contributed by atoms with Gasteiger partial charge in [-0.05, 0) is 19.1 Å².